The van der Waals surface area contributed by atoms with Gasteiger partial charge in [-0.3, -0.25) is 4.68 Å². The van der Waals surface area contributed by atoms with Crippen LogP contribution in [0.15, 0.2) is 24.5 Å². The molecule has 2 heterocycles. The van der Waals surface area contributed by atoms with Crippen LogP contribution in [0.5, 0.6) is 0 Å². The third-order valence-electron chi connectivity index (χ3n) is 1.64. The lowest BCUT2D eigenvalue weighted by atomic mass is 10.6. The number of nitrogens with zero attached hydrogens (tertiary/aromatic N) is 4. The maximum Gasteiger partial charge on any atom is 0.151 e. The Kier molecular flexibility index (Phi) is 1.36. The highest BCUT2D eigenvalue weighted by Crippen LogP contribution is 2.05. The van der Waals surface area contributed by atoms with E-state index in [9.17, 15) is 0 Å². The van der Waals surface area contributed by atoms with Gasteiger partial charge in [-0.15, -0.1) is 5.10 Å². The van der Waals surface area contributed by atoms with Crippen molar-refractivity contribution >= 4 is 5.82 Å². The van der Waals surface area contributed by atoms with Gasteiger partial charge in [0.25, 0.3) is 0 Å². The van der Waals surface area contributed by atoms with E-state index in [1.165, 1.54) is 0 Å². The Morgan fingerprint density at radius 1 is 1.42 bits per heavy atom. The summed E-state index contributed by atoms with van der Waals surface area (Å²) < 4.78 is 3.41. The van der Waals surface area contributed by atoms with Crippen molar-refractivity contribution in [3.05, 3.63) is 24.5 Å². The number of nitrogen functional groups attached to an aromatic ring is 1. The molecule has 2 aromatic rings. The van der Waals surface area contributed by atoms with Crippen molar-refractivity contribution in [2.24, 2.45) is 7.05 Å². The van der Waals surface area contributed by atoms with Crippen LogP contribution in [-0.2, 0) is 7.05 Å². The van der Waals surface area contributed by atoms with Crippen LogP contribution in [0.25, 0.3) is 5.82 Å². The lowest BCUT2D eigenvalue weighted by molar-refractivity contribution is 0.700. The molecule has 0 aromatic carbocycles. The Labute approximate surface area is 69.4 Å². The van der Waals surface area contributed by atoms with Gasteiger partial charge in [0, 0.05) is 25.4 Å². The summed E-state index contributed by atoms with van der Waals surface area (Å²) in [4.78, 5) is 0. The van der Waals surface area contributed by atoms with Gasteiger partial charge in [0.2, 0.25) is 0 Å². The van der Waals surface area contributed by atoms with Crippen LogP contribution < -0.4 is 5.73 Å². The van der Waals surface area contributed by atoms with Crippen LogP contribution in [0.1, 0.15) is 0 Å². The Morgan fingerprint density at radius 3 is 2.75 bits per heavy atom. The van der Waals surface area contributed by atoms with Gasteiger partial charge in [0.05, 0.1) is 6.20 Å². The molecule has 0 saturated carbocycles. The second-order valence-corrected chi connectivity index (χ2v) is 2.50. The predicted octanol–water partition coefficient (Wildman–Crippen LogP) is 0.188. The molecule has 0 spiro atoms. The zero-order valence-electron chi connectivity index (χ0n) is 6.68. The Hall–Kier alpha value is -1.78. The molecule has 0 radical (unpaired) electrons. The average Bonchev–Trinajstić information content (AvgIpc) is 2.58. The van der Waals surface area contributed by atoms with Gasteiger partial charge in [0.1, 0.15) is 5.82 Å². The number of hydrogen-bond donors (Lipinski definition) is 1. The summed E-state index contributed by atoms with van der Waals surface area (Å²) in [6.45, 7) is 0. The molecule has 5 heteroatoms. The first-order valence-electron chi connectivity index (χ1n) is 3.57. The summed E-state index contributed by atoms with van der Waals surface area (Å²) in [5, 5.41) is 8.06. The van der Waals surface area contributed by atoms with Crippen molar-refractivity contribution < 1.29 is 0 Å². The van der Waals surface area contributed by atoms with Crippen LogP contribution in [0.2, 0.25) is 0 Å². The standard InChI is InChI=1S/C7H9N5/c1-11-7(2-4-9-11)12-5-3-6(8)10-12/h2-5H,1H3,(H2,8,10). The van der Waals surface area contributed by atoms with Crippen LogP contribution >= 0.6 is 0 Å². The van der Waals surface area contributed by atoms with Crippen molar-refractivity contribution in [3.63, 3.8) is 0 Å². The highest BCUT2D eigenvalue weighted by Gasteiger charge is 2.01. The van der Waals surface area contributed by atoms with Crippen LogP contribution in [0.3, 0.4) is 0 Å². The first-order valence-corrected chi connectivity index (χ1v) is 3.57. The minimum atomic E-state index is 0.510. The molecule has 0 unspecified atom stereocenters. The highest BCUT2D eigenvalue weighted by atomic mass is 15.4. The van der Waals surface area contributed by atoms with E-state index in [0.29, 0.717) is 5.82 Å². The zero-order valence-corrected chi connectivity index (χ0v) is 6.68. The topological polar surface area (TPSA) is 61.7 Å². The second kappa shape index (κ2) is 2.37. The van der Waals surface area contributed by atoms with E-state index in [1.54, 1.807) is 27.8 Å². The predicted molar refractivity (Wildman–Crippen MR) is 44.7 cm³/mol. The average molecular weight is 163 g/mol. The SMILES string of the molecule is Cn1nccc1-n1ccc(N)n1. The van der Waals surface area contributed by atoms with Crippen LogP contribution in [-0.4, -0.2) is 19.6 Å². The number of rotatable bonds is 1. The van der Waals surface area contributed by atoms with E-state index in [2.05, 4.69) is 10.2 Å². The maximum atomic E-state index is 5.47. The molecule has 62 valence electrons. The number of nitrogens with two attached hydrogens (primary N) is 1. The summed E-state index contributed by atoms with van der Waals surface area (Å²) in [6, 6.07) is 3.61. The van der Waals surface area contributed by atoms with E-state index < -0.39 is 0 Å². The monoisotopic (exact) mass is 163 g/mol. The van der Waals surface area contributed by atoms with Gasteiger partial charge in [-0.2, -0.15) is 5.10 Å². The number of aromatic nitrogens is 4. The van der Waals surface area contributed by atoms with Gasteiger partial charge in [-0.05, 0) is 0 Å². The number of anilines is 1. The number of aryl methyl sites for hydroxylation is 1. The summed E-state index contributed by atoms with van der Waals surface area (Å²) in [7, 11) is 1.85. The summed E-state index contributed by atoms with van der Waals surface area (Å²) in [5.74, 6) is 1.41. The normalized spacial score (nSPS) is 10.4. The molecule has 0 fully saturated rings. The molecule has 2 N–H and O–H groups in total. The van der Waals surface area contributed by atoms with Crippen molar-refractivity contribution in [2.75, 3.05) is 5.73 Å². The molecule has 2 rings (SSSR count). The Bertz CT molecular complexity index is 386. The van der Waals surface area contributed by atoms with Crippen molar-refractivity contribution in [1.82, 2.24) is 19.6 Å². The van der Waals surface area contributed by atoms with Gasteiger partial charge < -0.3 is 5.73 Å². The molecule has 0 aliphatic heterocycles. The van der Waals surface area contributed by atoms with Gasteiger partial charge in [-0.25, -0.2) is 4.68 Å². The smallest absolute Gasteiger partial charge is 0.151 e. The van der Waals surface area contributed by atoms with E-state index in [4.69, 9.17) is 5.73 Å². The fourth-order valence-corrected chi connectivity index (χ4v) is 1.06. The largest absolute Gasteiger partial charge is 0.382 e. The fraction of sp³-hybridized carbons (Fsp3) is 0.143. The van der Waals surface area contributed by atoms with Gasteiger partial charge >= 0.3 is 0 Å². The molecule has 2 aromatic heterocycles. The molecule has 0 amide bonds. The Balaban J connectivity index is 2.50. The number of hydrogen-bond acceptors (Lipinski definition) is 3. The summed E-state index contributed by atoms with van der Waals surface area (Å²) in [6.07, 6.45) is 3.51. The summed E-state index contributed by atoms with van der Waals surface area (Å²) >= 11 is 0. The lowest BCUT2D eigenvalue weighted by Gasteiger charge is -1.99. The lowest BCUT2D eigenvalue weighted by Crippen LogP contribution is -2.03. The van der Waals surface area contributed by atoms with E-state index in [-0.39, 0.29) is 0 Å². The third kappa shape index (κ3) is 0.952. The van der Waals surface area contributed by atoms with E-state index in [0.717, 1.165) is 5.82 Å². The third-order valence-corrected chi connectivity index (χ3v) is 1.64. The van der Waals surface area contributed by atoms with Crippen molar-refractivity contribution in [2.45, 2.75) is 0 Å². The molecular formula is C7H9N5. The molecule has 0 atom stereocenters. The first kappa shape index (κ1) is 6.90. The molecule has 5 nitrogen and oxygen atoms in total. The fourth-order valence-electron chi connectivity index (χ4n) is 1.06. The minimum absolute atomic E-state index is 0.510. The minimum Gasteiger partial charge on any atom is -0.382 e. The quantitative estimate of drug-likeness (QED) is 0.652. The molecule has 12 heavy (non-hydrogen) atoms. The second-order valence-electron chi connectivity index (χ2n) is 2.50. The molecule has 0 aliphatic carbocycles. The highest BCUT2D eigenvalue weighted by molar-refractivity contribution is 5.29. The first-order chi connectivity index (χ1) is 5.77. The van der Waals surface area contributed by atoms with Crippen molar-refractivity contribution in [1.29, 1.82) is 0 Å². The van der Waals surface area contributed by atoms with Gasteiger partial charge in [0.15, 0.2) is 5.82 Å². The van der Waals surface area contributed by atoms with E-state index in [1.807, 2.05) is 13.1 Å². The summed E-state index contributed by atoms with van der Waals surface area (Å²) in [5.41, 5.74) is 5.47. The zero-order chi connectivity index (χ0) is 8.55. The van der Waals surface area contributed by atoms with Crippen molar-refractivity contribution in [3.8, 4) is 5.82 Å². The molecule has 0 bridgehead atoms. The molecular weight excluding hydrogens is 154 g/mol. The van der Waals surface area contributed by atoms with Gasteiger partial charge in [-0.1, -0.05) is 0 Å². The van der Waals surface area contributed by atoms with E-state index >= 15 is 0 Å². The molecule has 0 saturated heterocycles. The molecule has 0 aliphatic rings. The van der Waals surface area contributed by atoms with Crippen LogP contribution in [0.4, 0.5) is 5.82 Å². The Morgan fingerprint density at radius 2 is 2.25 bits per heavy atom. The van der Waals surface area contributed by atoms with Crippen LogP contribution in [0, 0.1) is 0 Å². The maximum absolute atomic E-state index is 5.47.